The van der Waals surface area contributed by atoms with E-state index in [1.165, 1.54) is 0 Å². The molecule has 0 radical (unpaired) electrons. The Morgan fingerprint density at radius 2 is 1.86 bits per heavy atom. The quantitative estimate of drug-likeness (QED) is 0.463. The summed E-state index contributed by atoms with van der Waals surface area (Å²) in [5.41, 5.74) is 1.76. The van der Waals surface area contributed by atoms with Crippen LogP contribution in [0.5, 0.6) is 0 Å². The van der Waals surface area contributed by atoms with E-state index >= 15 is 0 Å². The number of nitrogens with zero attached hydrogens (tertiary/aromatic N) is 4. The van der Waals surface area contributed by atoms with Crippen LogP contribution in [-0.2, 0) is 16.6 Å². The number of aromatic nitrogens is 4. The Morgan fingerprint density at radius 1 is 1.04 bits per heavy atom. The van der Waals surface area contributed by atoms with Gasteiger partial charge in [-0.25, -0.2) is 13.1 Å². The van der Waals surface area contributed by atoms with Crippen LogP contribution in [-0.4, -0.2) is 34.9 Å². The zero-order valence-electron chi connectivity index (χ0n) is 15.3. The number of hydrogen-bond donors (Lipinski definition) is 1. The van der Waals surface area contributed by atoms with E-state index in [9.17, 15) is 8.42 Å². The Kier molecular flexibility index (Phi) is 7.30. The Hall–Kier alpha value is -2.10. The van der Waals surface area contributed by atoms with E-state index in [-0.39, 0.29) is 4.90 Å². The summed E-state index contributed by atoms with van der Waals surface area (Å²) >= 11 is 3.28. The van der Waals surface area contributed by atoms with Crippen molar-refractivity contribution in [1.29, 1.82) is 0 Å². The molecule has 1 N–H and O–H groups in total. The maximum absolute atomic E-state index is 12.3. The van der Waals surface area contributed by atoms with Crippen molar-refractivity contribution in [3.8, 4) is 11.3 Å². The monoisotopic (exact) mass is 463 g/mol. The average molecular weight is 464 g/mol. The summed E-state index contributed by atoms with van der Waals surface area (Å²) in [5.74, 6) is 0. The van der Waals surface area contributed by atoms with Crippen LogP contribution < -0.4 is 4.72 Å². The van der Waals surface area contributed by atoms with Crippen LogP contribution in [0.25, 0.3) is 11.3 Å². The molecule has 0 aliphatic heterocycles. The average Bonchev–Trinajstić information content (AvgIpc) is 3.17. The second-order valence-electron chi connectivity index (χ2n) is 6.35. The number of rotatable bonds is 10. The number of halogens is 1. The van der Waals surface area contributed by atoms with Crippen molar-refractivity contribution >= 4 is 26.0 Å². The summed E-state index contributed by atoms with van der Waals surface area (Å²) in [7, 11) is -3.47. The molecule has 0 saturated heterocycles. The van der Waals surface area contributed by atoms with Crippen LogP contribution in [0.3, 0.4) is 0 Å². The molecule has 0 aliphatic rings. The van der Waals surface area contributed by atoms with Gasteiger partial charge in [0.25, 0.3) is 0 Å². The van der Waals surface area contributed by atoms with Gasteiger partial charge in [-0.3, -0.25) is 9.67 Å². The largest absolute Gasteiger partial charge is 0.264 e. The van der Waals surface area contributed by atoms with Crippen LogP contribution in [0, 0.1) is 0 Å². The number of nitrogens with one attached hydrogen (secondary N) is 1. The van der Waals surface area contributed by atoms with Gasteiger partial charge in [-0.15, -0.1) is 5.10 Å². The van der Waals surface area contributed by atoms with Crippen LogP contribution in [0.2, 0.25) is 0 Å². The summed E-state index contributed by atoms with van der Waals surface area (Å²) in [6.45, 7) is 1.22. The van der Waals surface area contributed by atoms with Gasteiger partial charge in [-0.1, -0.05) is 30.2 Å². The molecule has 0 atom stereocenters. The molecular weight excluding hydrogens is 442 g/mol. The third-order valence-corrected chi connectivity index (χ3v) is 6.70. The minimum absolute atomic E-state index is 0.269. The van der Waals surface area contributed by atoms with E-state index in [1.807, 2.05) is 23.0 Å². The highest BCUT2D eigenvalue weighted by Gasteiger charge is 2.15. The van der Waals surface area contributed by atoms with Gasteiger partial charge in [-0.2, -0.15) is 0 Å². The van der Waals surface area contributed by atoms with Gasteiger partial charge in [0.05, 0.1) is 11.1 Å². The van der Waals surface area contributed by atoms with Gasteiger partial charge < -0.3 is 0 Å². The molecule has 3 rings (SSSR count). The molecule has 3 aromatic rings. The fourth-order valence-electron chi connectivity index (χ4n) is 2.75. The molecule has 2 aromatic heterocycles. The normalized spacial score (nSPS) is 11.6. The Morgan fingerprint density at radius 3 is 2.64 bits per heavy atom. The van der Waals surface area contributed by atoms with Crippen molar-refractivity contribution < 1.29 is 8.42 Å². The Balaban J connectivity index is 1.35. The lowest BCUT2D eigenvalue weighted by Gasteiger charge is -2.08. The summed E-state index contributed by atoms with van der Waals surface area (Å²) < 4.78 is 29.6. The van der Waals surface area contributed by atoms with E-state index in [0.29, 0.717) is 11.0 Å². The zero-order valence-corrected chi connectivity index (χ0v) is 17.7. The predicted octanol–water partition coefficient (Wildman–Crippen LogP) is 3.64. The fraction of sp³-hybridized carbons (Fsp3) is 0.316. The van der Waals surface area contributed by atoms with Gasteiger partial charge in [0, 0.05) is 35.5 Å². The highest BCUT2D eigenvalue weighted by Crippen LogP contribution is 2.20. The number of pyridine rings is 1. The molecule has 0 unspecified atom stereocenters. The van der Waals surface area contributed by atoms with Gasteiger partial charge in [0.2, 0.25) is 10.0 Å². The molecule has 0 spiro atoms. The van der Waals surface area contributed by atoms with Gasteiger partial charge in [-0.05, 0) is 53.0 Å². The maximum Gasteiger partial charge on any atom is 0.241 e. The molecule has 9 heteroatoms. The third-order valence-electron chi connectivity index (χ3n) is 4.23. The molecule has 148 valence electrons. The molecule has 0 aliphatic carbocycles. The molecular formula is C19H22BrN5O2S. The van der Waals surface area contributed by atoms with Crippen LogP contribution >= 0.6 is 15.9 Å². The van der Waals surface area contributed by atoms with Crippen molar-refractivity contribution in [2.45, 2.75) is 37.1 Å². The maximum atomic E-state index is 12.3. The number of benzene rings is 1. The van der Waals surface area contributed by atoms with Crippen molar-refractivity contribution in [3.63, 3.8) is 0 Å². The molecule has 28 heavy (non-hydrogen) atoms. The Bertz CT molecular complexity index is 992. The third kappa shape index (κ3) is 5.70. The lowest BCUT2D eigenvalue weighted by Crippen LogP contribution is -2.25. The second kappa shape index (κ2) is 9.90. The second-order valence-corrected chi connectivity index (χ2v) is 8.94. The van der Waals surface area contributed by atoms with E-state index in [2.05, 4.69) is 35.9 Å². The first-order valence-corrected chi connectivity index (χ1v) is 11.4. The van der Waals surface area contributed by atoms with E-state index in [1.54, 1.807) is 36.7 Å². The van der Waals surface area contributed by atoms with Crippen molar-refractivity contribution in [1.82, 2.24) is 24.7 Å². The molecule has 0 bridgehead atoms. The van der Waals surface area contributed by atoms with Gasteiger partial charge >= 0.3 is 0 Å². The topological polar surface area (TPSA) is 89.8 Å². The van der Waals surface area contributed by atoms with E-state index in [4.69, 9.17) is 0 Å². The van der Waals surface area contributed by atoms with Crippen LogP contribution in [0.4, 0.5) is 0 Å². The lowest BCUT2D eigenvalue weighted by molar-refractivity contribution is 0.520. The molecule has 0 amide bonds. The molecule has 0 saturated carbocycles. The fourth-order valence-corrected chi connectivity index (χ4v) is 4.83. The minimum Gasteiger partial charge on any atom is -0.264 e. The molecule has 0 fully saturated rings. The summed E-state index contributed by atoms with van der Waals surface area (Å²) in [6, 6.07) is 10.6. The summed E-state index contributed by atoms with van der Waals surface area (Å²) in [4.78, 5) is 4.36. The van der Waals surface area contributed by atoms with E-state index in [0.717, 1.165) is 43.5 Å². The molecule has 1 aromatic carbocycles. The first-order chi connectivity index (χ1) is 13.6. The first-order valence-electron chi connectivity index (χ1n) is 9.11. The smallest absolute Gasteiger partial charge is 0.241 e. The minimum atomic E-state index is -3.47. The van der Waals surface area contributed by atoms with Gasteiger partial charge in [0.1, 0.15) is 5.69 Å². The van der Waals surface area contributed by atoms with Crippen LogP contribution in [0.15, 0.2) is 64.4 Å². The first kappa shape index (κ1) is 20.6. The summed E-state index contributed by atoms with van der Waals surface area (Å²) in [5, 5.41) is 8.31. The predicted molar refractivity (Wildman–Crippen MR) is 111 cm³/mol. The number of hydrogen-bond acceptors (Lipinski definition) is 5. The zero-order chi connectivity index (χ0) is 19.8. The van der Waals surface area contributed by atoms with Gasteiger partial charge in [0.15, 0.2) is 0 Å². The van der Waals surface area contributed by atoms with Crippen molar-refractivity contribution in [2.24, 2.45) is 0 Å². The molecule has 2 heterocycles. The number of sulfonamides is 1. The summed E-state index contributed by atoms with van der Waals surface area (Å²) in [6.07, 6.45) is 9.12. The lowest BCUT2D eigenvalue weighted by atomic mass is 10.2. The van der Waals surface area contributed by atoms with Crippen molar-refractivity contribution in [3.05, 3.63) is 59.5 Å². The Labute approximate surface area is 173 Å². The number of aryl methyl sites for hydroxylation is 1. The number of unbranched alkanes of at least 4 members (excludes halogenated alkanes) is 3. The SMILES string of the molecule is O=S(=O)(NCCCCCCn1cc(-c2cccnc2)nn1)c1ccccc1Br. The standard InChI is InChI=1S/C19H22BrN5O2S/c20-17-9-3-4-10-19(17)28(26,27)22-12-5-1-2-6-13-25-15-18(23-24-25)16-8-7-11-21-14-16/h3-4,7-11,14-15,22H,1-2,5-6,12-13H2. The highest BCUT2D eigenvalue weighted by atomic mass is 79.9. The van der Waals surface area contributed by atoms with Crippen molar-refractivity contribution in [2.75, 3.05) is 6.54 Å². The highest BCUT2D eigenvalue weighted by molar-refractivity contribution is 9.10. The molecule has 7 nitrogen and oxygen atoms in total. The van der Waals surface area contributed by atoms with E-state index < -0.39 is 10.0 Å². The van der Waals surface area contributed by atoms with Crippen LogP contribution in [0.1, 0.15) is 25.7 Å².